The second kappa shape index (κ2) is 5.41. The Morgan fingerprint density at radius 2 is 2.06 bits per heavy atom. The summed E-state index contributed by atoms with van der Waals surface area (Å²) in [6.07, 6.45) is 7.38. The molecule has 3 rings (SSSR count). The monoisotopic (exact) mass is 248 g/mol. The first-order chi connectivity index (χ1) is 8.86. The zero-order valence-electron chi connectivity index (χ0n) is 11.3. The van der Waals surface area contributed by atoms with Crippen LogP contribution in [-0.2, 0) is 13.1 Å². The Balaban J connectivity index is 1.44. The van der Waals surface area contributed by atoms with Crippen LogP contribution in [0.2, 0.25) is 0 Å². The van der Waals surface area contributed by atoms with Crippen molar-refractivity contribution in [3.8, 4) is 0 Å². The Kier molecular flexibility index (Phi) is 3.66. The Morgan fingerprint density at radius 3 is 2.72 bits per heavy atom. The Morgan fingerprint density at radius 1 is 1.28 bits per heavy atom. The van der Waals surface area contributed by atoms with Gasteiger partial charge in [0.05, 0.1) is 5.69 Å². The van der Waals surface area contributed by atoms with Gasteiger partial charge in [0.2, 0.25) is 0 Å². The molecule has 0 atom stereocenters. The van der Waals surface area contributed by atoms with Gasteiger partial charge in [0, 0.05) is 31.4 Å². The lowest BCUT2D eigenvalue weighted by Gasteiger charge is -2.32. The largest absolute Gasteiger partial charge is 0.308 e. The molecule has 100 valence electrons. The molecule has 2 heterocycles. The lowest BCUT2D eigenvalue weighted by atomic mass is 10.0. The molecule has 4 heteroatoms. The quantitative estimate of drug-likeness (QED) is 0.859. The molecule has 18 heavy (non-hydrogen) atoms. The minimum atomic E-state index is 0.695. The number of hydrogen-bond donors (Lipinski definition) is 1. The molecule has 0 bridgehead atoms. The van der Waals surface area contributed by atoms with E-state index in [2.05, 4.69) is 33.0 Å². The summed E-state index contributed by atoms with van der Waals surface area (Å²) < 4.78 is 2.08. The van der Waals surface area contributed by atoms with Crippen molar-refractivity contribution >= 4 is 0 Å². The van der Waals surface area contributed by atoms with Crippen LogP contribution in [0.5, 0.6) is 0 Å². The predicted molar refractivity (Wildman–Crippen MR) is 72.4 cm³/mol. The van der Waals surface area contributed by atoms with E-state index in [0.717, 1.165) is 19.1 Å². The van der Waals surface area contributed by atoms with Gasteiger partial charge in [0.15, 0.2) is 0 Å². The molecule has 4 nitrogen and oxygen atoms in total. The van der Waals surface area contributed by atoms with E-state index in [4.69, 9.17) is 0 Å². The second-order valence-electron chi connectivity index (χ2n) is 5.56. The van der Waals surface area contributed by atoms with Gasteiger partial charge in [-0.25, -0.2) is 0 Å². The van der Waals surface area contributed by atoms with Gasteiger partial charge < -0.3 is 10.2 Å². The summed E-state index contributed by atoms with van der Waals surface area (Å²) >= 11 is 0. The normalized spacial score (nSPS) is 22.5. The third-order valence-electron chi connectivity index (χ3n) is 4.27. The van der Waals surface area contributed by atoms with Gasteiger partial charge in [-0.15, -0.1) is 0 Å². The first-order valence-corrected chi connectivity index (χ1v) is 7.35. The van der Waals surface area contributed by atoms with E-state index >= 15 is 0 Å². The highest BCUT2D eigenvalue weighted by atomic mass is 15.3. The van der Waals surface area contributed by atoms with Gasteiger partial charge in [0.25, 0.3) is 0 Å². The predicted octanol–water partition coefficient (Wildman–Crippen LogP) is 1.62. The molecule has 2 aliphatic rings. The summed E-state index contributed by atoms with van der Waals surface area (Å²) in [6, 6.07) is 3.75. The summed E-state index contributed by atoms with van der Waals surface area (Å²) in [5.41, 5.74) is 1.31. The van der Waals surface area contributed by atoms with Gasteiger partial charge in [-0.3, -0.25) is 4.68 Å². The minimum Gasteiger partial charge on any atom is -0.308 e. The molecule has 1 saturated heterocycles. The van der Waals surface area contributed by atoms with Crippen molar-refractivity contribution in [1.29, 1.82) is 0 Å². The molecule has 0 unspecified atom stereocenters. The van der Waals surface area contributed by atoms with Crippen molar-refractivity contribution < 1.29 is 0 Å². The number of likely N-dealkylation sites (tertiary alicyclic amines) is 1. The van der Waals surface area contributed by atoms with E-state index in [9.17, 15) is 0 Å². The zero-order chi connectivity index (χ0) is 12.4. The van der Waals surface area contributed by atoms with Crippen LogP contribution < -0.4 is 5.32 Å². The van der Waals surface area contributed by atoms with Gasteiger partial charge in [-0.1, -0.05) is 0 Å². The maximum atomic E-state index is 4.31. The van der Waals surface area contributed by atoms with Gasteiger partial charge in [0.1, 0.15) is 0 Å². The van der Waals surface area contributed by atoms with Crippen molar-refractivity contribution in [3.05, 3.63) is 18.0 Å². The van der Waals surface area contributed by atoms with Gasteiger partial charge in [-0.2, -0.15) is 5.10 Å². The van der Waals surface area contributed by atoms with Crippen LogP contribution in [0.1, 0.15) is 38.3 Å². The summed E-state index contributed by atoms with van der Waals surface area (Å²) in [5, 5.41) is 8.00. The molecule has 1 aliphatic carbocycles. The smallest absolute Gasteiger partial charge is 0.0522 e. The van der Waals surface area contributed by atoms with E-state index in [1.165, 1.54) is 44.5 Å². The van der Waals surface area contributed by atoms with Crippen LogP contribution in [0.25, 0.3) is 0 Å². The third kappa shape index (κ3) is 2.75. The number of nitrogens with one attached hydrogen (secondary N) is 1. The minimum absolute atomic E-state index is 0.695. The first-order valence-electron chi connectivity index (χ1n) is 7.35. The number of hydrogen-bond acceptors (Lipinski definition) is 3. The molecular formula is C14H24N4. The van der Waals surface area contributed by atoms with E-state index in [1.807, 2.05) is 6.20 Å². The summed E-state index contributed by atoms with van der Waals surface area (Å²) in [5.74, 6) is 0. The second-order valence-corrected chi connectivity index (χ2v) is 5.56. The van der Waals surface area contributed by atoms with Crippen molar-refractivity contribution in [1.82, 2.24) is 20.0 Å². The summed E-state index contributed by atoms with van der Waals surface area (Å²) in [6.45, 7) is 6.64. The van der Waals surface area contributed by atoms with E-state index < -0.39 is 0 Å². The molecule has 1 aliphatic heterocycles. The average molecular weight is 248 g/mol. The first kappa shape index (κ1) is 12.2. The van der Waals surface area contributed by atoms with Crippen LogP contribution >= 0.6 is 0 Å². The van der Waals surface area contributed by atoms with Crippen LogP contribution in [-0.4, -0.2) is 39.9 Å². The highest BCUT2D eigenvalue weighted by molar-refractivity contribution is 5.00. The third-order valence-corrected chi connectivity index (χ3v) is 4.27. The zero-order valence-corrected chi connectivity index (χ0v) is 11.3. The number of nitrogens with zero attached hydrogens (tertiary/aromatic N) is 3. The molecule has 0 radical (unpaired) electrons. The fraction of sp³-hybridized carbons (Fsp3) is 0.786. The van der Waals surface area contributed by atoms with Gasteiger partial charge in [-0.05, 0) is 51.8 Å². The maximum absolute atomic E-state index is 4.31. The van der Waals surface area contributed by atoms with E-state index in [0.29, 0.717) is 6.04 Å². The van der Waals surface area contributed by atoms with Crippen LogP contribution in [0.4, 0.5) is 0 Å². The lowest BCUT2D eigenvalue weighted by molar-refractivity contribution is 0.188. The Labute approximate surface area is 109 Å². The molecule has 1 N–H and O–H groups in total. The fourth-order valence-corrected chi connectivity index (χ4v) is 2.95. The molecular weight excluding hydrogens is 224 g/mol. The van der Waals surface area contributed by atoms with Crippen LogP contribution in [0.3, 0.4) is 0 Å². The molecule has 1 aromatic heterocycles. The van der Waals surface area contributed by atoms with Crippen molar-refractivity contribution in [2.45, 2.75) is 57.8 Å². The SMILES string of the molecule is CCn1nccc1CNC1CCN(C2CC2)CC1. The number of rotatable bonds is 5. The Hall–Kier alpha value is -0.870. The van der Waals surface area contributed by atoms with Crippen LogP contribution in [0, 0.1) is 0 Å². The lowest BCUT2D eigenvalue weighted by Crippen LogP contribution is -2.43. The number of aryl methyl sites for hydroxylation is 1. The van der Waals surface area contributed by atoms with Gasteiger partial charge >= 0.3 is 0 Å². The van der Waals surface area contributed by atoms with E-state index in [-0.39, 0.29) is 0 Å². The highest BCUT2D eigenvalue weighted by Gasteiger charge is 2.31. The molecule has 0 amide bonds. The number of piperidine rings is 1. The molecule has 0 spiro atoms. The molecule has 1 aromatic rings. The maximum Gasteiger partial charge on any atom is 0.0522 e. The van der Waals surface area contributed by atoms with Crippen molar-refractivity contribution in [3.63, 3.8) is 0 Å². The average Bonchev–Trinajstić information content (AvgIpc) is 3.16. The summed E-state index contributed by atoms with van der Waals surface area (Å²) in [4.78, 5) is 2.68. The standard InChI is InChI=1S/C14H24N4/c1-2-18-14(5-8-16-18)11-15-12-6-9-17(10-7-12)13-3-4-13/h5,8,12-13,15H,2-4,6-7,9-11H2,1H3. The summed E-state index contributed by atoms with van der Waals surface area (Å²) in [7, 11) is 0. The molecule has 1 saturated carbocycles. The highest BCUT2D eigenvalue weighted by Crippen LogP contribution is 2.29. The van der Waals surface area contributed by atoms with Crippen LogP contribution in [0.15, 0.2) is 12.3 Å². The number of aromatic nitrogens is 2. The van der Waals surface area contributed by atoms with Crippen molar-refractivity contribution in [2.75, 3.05) is 13.1 Å². The molecule has 0 aromatic carbocycles. The van der Waals surface area contributed by atoms with Crippen molar-refractivity contribution in [2.24, 2.45) is 0 Å². The van der Waals surface area contributed by atoms with E-state index in [1.54, 1.807) is 0 Å². The Bertz CT molecular complexity index is 375. The fourth-order valence-electron chi connectivity index (χ4n) is 2.95. The topological polar surface area (TPSA) is 33.1 Å². The molecule has 2 fully saturated rings.